The van der Waals surface area contributed by atoms with Crippen molar-refractivity contribution in [3.05, 3.63) is 23.8 Å². The maximum Gasteiger partial charge on any atom is 0.240 e. The highest BCUT2D eigenvalue weighted by Gasteiger charge is 2.28. The Hall–Kier alpha value is -1.44. The number of rotatable bonds is 6. The van der Waals surface area contributed by atoms with Crippen molar-refractivity contribution in [2.24, 2.45) is 0 Å². The highest BCUT2D eigenvalue weighted by molar-refractivity contribution is 7.89. The minimum absolute atomic E-state index is 0.100. The van der Waals surface area contributed by atoms with E-state index in [1.54, 1.807) is 19.1 Å². The van der Waals surface area contributed by atoms with E-state index in [4.69, 9.17) is 0 Å². The molecule has 1 amide bonds. The number of fused-ring (bicyclic) bond motifs is 1. The number of hydrogen-bond donors (Lipinski definition) is 3. The van der Waals surface area contributed by atoms with Gasteiger partial charge in [-0.05, 0) is 50.7 Å². The van der Waals surface area contributed by atoms with Crippen molar-refractivity contribution >= 4 is 21.6 Å². The molecule has 2 rings (SSSR count). The van der Waals surface area contributed by atoms with Crippen molar-refractivity contribution in [1.82, 2.24) is 10.0 Å². The van der Waals surface area contributed by atoms with Crippen LogP contribution < -0.4 is 15.4 Å². The van der Waals surface area contributed by atoms with Gasteiger partial charge in [-0.15, -0.1) is 0 Å². The fourth-order valence-corrected chi connectivity index (χ4v) is 3.23. The van der Waals surface area contributed by atoms with Crippen molar-refractivity contribution in [1.29, 1.82) is 0 Å². The van der Waals surface area contributed by atoms with Crippen LogP contribution in [0.1, 0.15) is 24.8 Å². The quantitative estimate of drug-likeness (QED) is 0.672. The first-order chi connectivity index (χ1) is 9.45. The van der Waals surface area contributed by atoms with E-state index in [-0.39, 0.29) is 16.7 Å². The largest absolute Gasteiger partial charge is 0.325 e. The van der Waals surface area contributed by atoms with Crippen molar-refractivity contribution in [2.75, 3.05) is 25.5 Å². The number of benzene rings is 1. The molecule has 0 spiro atoms. The molecular formula is C13H19N3O3S. The lowest BCUT2D eigenvalue weighted by Gasteiger charge is -2.09. The topological polar surface area (TPSA) is 87.3 Å². The van der Waals surface area contributed by atoms with Gasteiger partial charge >= 0.3 is 0 Å². The maximum atomic E-state index is 12.1. The number of carbonyl (C=O) groups excluding carboxylic acids is 1. The van der Waals surface area contributed by atoms with E-state index in [0.717, 1.165) is 18.5 Å². The van der Waals surface area contributed by atoms with Crippen molar-refractivity contribution < 1.29 is 13.2 Å². The molecule has 1 heterocycles. The van der Waals surface area contributed by atoms with Crippen LogP contribution in [-0.4, -0.2) is 34.5 Å². The summed E-state index contributed by atoms with van der Waals surface area (Å²) in [5.74, 6) is -0.416. The predicted molar refractivity (Wildman–Crippen MR) is 77.2 cm³/mol. The van der Waals surface area contributed by atoms with E-state index in [9.17, 15) is 13.2 Å². The Labute approximate surface area is 119 Å². The van der Waals surface area contributed by atoms with E-state index in [1.165, 1.54) is 6.07 Å². The molecule has 6 nitrogen and oxygen atoms in total. The van der Waals surface area contributed by atoms with Crippen LogP contribution in [0.5, 0.6) is 0 Å². The van der Waals surface area contributed by atoms with E-state index in [1.807, 2.05) is 7.05 Å². The fraction of sp³-hybridized carbons (Fsp3) is 0.462. The lowest BCUT2D eigenvalue weighted by molar-refractivity contribution is -0.116. The van der Waals surface area contributed by atoms with Gasteiger partial charge in [0.25, 0.3) is 0 Å². The van der Waals surface area contributed by atoms with Gasteiger partial charge in [0.1, 0.15) is 0 Å². The minimum atomic E-state index is -3.52. The van der Waals surface area contributed by atoms with Crippen molar-refractivity contribution in [2.45, 2.75) is 24.2 Å². The van der Waals surface area contributed by atoms with E-state index < -0.39 is 10.0 Å². The maximum absolute atomic E-state index is 12.1. The standard InChI is InChI=1S/C13H19N3O3S/c1-9-11-8-10(4-5-12(11)16-13(9)17)20(18,19)15-7-3-6-14-2/h4-5,8-9,14-15H,3,6-7H2,1-2H3,(H,16,17). The summed E-state index contributed by atoms with van der Waals surface area (Å²) >= 11 is 0. The molecule has 1 aliphatic rings. The second-order valence-electron chi connectivity index (χ2n) is 4.81. The smallest absolute Gasteiger partial charge is 0.240 e. The van der Waals surface area contributed by atoms with E-state index >= 15 is 0 Å². The third-order valence-electron chi connectivity index (χ3n) is 3.35. The van der Waals surface area contributed by atoms with Crippen molar-refractivity contribution in [3.8, 4) is 0 Å². The van der Waals surface area contributed by atoms with Gasteiger partial charge in [-0.25, -0.2) is 13.1 Å². The summed E-state index contributed by atoms with van der Waals surface area (Å²) in [6.07, 6.45) is 0.719. The summed E-state index contributed by atoms with van der Waals surface area (Å²) < 4.78 is 26.8. The molecule has 0 aliphatic carbocycles. The number of anilines is 1. The number of nitrogens with one attached hydrogen (secondary N) is 3. The zero-order valence-electron chi connectivity index (χ0n) is 11.6. The molecule has 0 saturated heterocycles. The molecule has 1 aliphatic heterocycles. The highest BCUT2D eigenvalue weighted by Crippen LogP contribution is 2.33. The summed E-state index contributed by atoms with van der Waals surface area (Å²) in [6.45, 7) is 2.90. The molecular weight excluding hydrogens is 278 g/mol. The molecule has 20 heavy (non-hydrogen) atoms. The minimum Gasteiger partial charge on any atom is -0.325 e. The van der Waals surface area contributed by atoms with Crippen LogP contribution in [0.15, 0.2) is 23.1 Å². The van der Waals surface area contributed by atoms with Crippen LogP contribution in [-0.2, 0) is 14.8 Å². The highest BCUT2D eigenvalue weighted by atomic mass is 32.2. The second kappa shape index (κ2) is 5.90. The van der Waals surface area contributed by atoms with E-state index in [0.29, 0.717) is 12.2 Å². The van der Waals surface area contributed by atoms with Gasteiger partial charge in [-0.2, -0.15) is 0 Å². The van der Waals surface area contributed by atoms with Gasteiger partial charge in [0.05, 0.1) is 10.8 Å². The van der Waals surface area contributed by atoms with Gasteiger partial charge in [0, 0.05) is 12.2 Å². The van der Waals surface area contributed by atoms with Gasteiger partial charge in [0.15, 0.2) is 0 Å². The molecule has 1 atom stereocenters. The Morgan fingerprint density at radius 1 is 1.30 bits per heavy atom. The summed E-state index contributed by atoms with van der Waals surface area (Å²) in [6, 6.07) is 4.72. The number of hydrogen-bond acceptors (Lipinski definition) is 4. The molecule has 7 heteroatoms. The third-order valence-corrected chi connectivity index (χ3v) is 4.81. The molecule has 110 valence electrons. The Balaban J connectivity index is 2.16. The Morgan fingerprint density at radius 2 is 2.05 bits per heavy atom. The molecule has 0 fully saturated rings. The number of amides is 1. The van der Waals surface area contributed by atoms with Crippen LogP contribution in [0.4, 0.5) is 5.69 Å². The number of sulfonamides is 1. The van der Waals surface area contributed by atoms with Crippen LogP contribution in [0.2, 0.25) is 0 Å². The summed E-state index contributed by atoms with van der Waals surface area (Å²) in [4.78, 5) is 11.8. The van der Waals surface area contributed by atoms with E-state index in [2.05, 4.69) is 15.4 Å². The molecule has 0 aromatic heterocycles. The zero-order valence-corrected chi connectivity index (χ0v) is 12.4. The van der Waals surface area contributed by atoms with Gasteiger partial charge in [0.2, 0.25) is 15.9 Å². The monoisotopic (exact) mass is 297 g/mol. The van der Waals surface area contributed by atoms with Gasteiger partial charge in [-0.1, -0.05) is 0 Å². The molecule has 0 saturated carbocycles. The van der Waals surface area contributed by atoms with Gasteiger partial charge in [-0.3, -0.25) is 4.79 Å². The van der Waals surface area contributed by atoms with Crippen molar-refractivity contribution in [3.63, 3.8) is 0 Å². The first kappa shape index (κ1) is 15.0. The molecule has 1 aromatic carbocycles. The van der Waals surface area contributed by atoms with Crippen LogP contribution in [0, 0.1) is 0 Å². The molecule has 1 unspecified atom stereocenters. The molecule has 1 aromatic rings. The lowest BCUT2D eigenvalue weighted by atomic mass is 10.0. The van der Waals surface area contributed by atoms with Gasteiger partial charge < -0.3 is 10.6 Å². The van der Waals surface area contributed by atoms with Crippen LogP contribution in [0.25, 0.3) is 0 Å². The zero-order chi connectivity index (χ0) is 14.8. The summed E-state index contributed by atoms with van der Waals surface area (Å²) in [5, 5.41) is 5.68. The van der Waals surface area contributed by atoms with Crippen LogP contribution in [0.3, 0.4) is 0 Å². The third kappa shape index (κ3) is 3.00. The Morgan fingerprint density at radius 3 is 2.75 bits per heavy atom. The summed E-state index contributed by atoms with van der Waals surface area (Å²) in [5.41, 5.74) is 1.42. The van der Waals surface area contributed by atoms with Crippen LogP contribution >= 0.6 is 0 Å². The normalized spacial score (nSPS) is 17.9. The SMILES string of the molecule is CNCCCNS(=O)(=O)c1ccc2c(c1)C(C)C(=O)N2. The first-order valence-electron chi connectivity index (χ1n) is 6.55. The second-order valence-corrected chi connectivity index (χ2v) is 6.58. The lowest BCUT2D eigenvalue weighted by Crippen LogP contribution is -2.26. The molecule has 0 radical (unpaired) electrons. The summed E-state index contributed by atoms with van der Waals surface area (Å²) in [7, 11) is -1.70. The first-order valence-corrected chi connectivity index (χ1v) is 8.03. The fourth-order valence-electron chi connectivity index (χ4n) is 2.12. The molecule has 0 bridgehead atoms. The average Bonchev–Trinajstić information content (AvgIpc) is 2.70. The number of carbonyl (C=O) groups is 1. The Kier molecular flexibility index (Phi) is 4.42. The average molecular weight is 297 g/mol. The molecule has 3 N–H and O–H groups in total. The predicted octanol–water partition coefficient (Wildman–Crippen LogP) is 0.630. The Bertz CT molecular complexity index is 613.